The van der Waals surface area contributed by atoms with Crippen LogP contribution in [0.15, 0.2) is 48.5 Å². The third-order valence-electron chi connectivity index (χ3n) is 4.06. The van der Waals surface area contributed by atoms with Crippen molar-refractivity contribution in [3.05, 3.63) is 71.3 Å². The van der Waals surface area contributed by atoms with E-state index in [1.807, 2.05) is 0 Å². The van der Waals surface area contributed by atoms with Gasteiger partial charge in [-0.2, -0.15) is 0 Å². The van der Waals surface area contributed by atoms with Gasteiger partial charge in [-0.15, -0.1) is 0 Å². The third kappa shape index (κ3) is 6.15. The summed E-state index contributed by atoms with van der Waals surface area (Å²) in [7, 11) is 0. The highest BCUT2D eigenvalue weighted by atomic mass is 19.1. The summed E-state index contributed by atoms with van der Waals surface area (Å²) in [6.45, 7) is 1.23. The molecule has 0 heterocycles. The Bertz CT molecular complexity index is 873. The van der Waals surface area contributed by atoms with E-state index in [9.17, 15) is 23.2 Å². The molecule has 0 spiro atoms. The second-order valence-electron chi connectivity index (χ2n) is 6.35. The van der Waals surface area contributed by atoms with Gasteiger partial charge in [0.2, 0.25) is 17.7 Å². The van der Waals surface area contributed by atoms with Gasteiger partial charge in [0.15, 0.2) is 0 Å². The van der Waals surface area contributed by atoms with Crippen molar-refractivity contribution in [2.24, 2.45) is 5.73 Å². The van der Waals surface area contributed by atoms with Crippen LogP contribution in [0.2, 0.25) is 0 Å². The second kappa shape index (κ2) is 9.59. The number of primary amides is 1. The summed E-state index contributed by atoms with van der Waals surface area (Å²) in [5.41, 5.74) is 6.04. The van der Waals surface area contributed by atoms with E-state index in [-0.39, 0.29) is 18.4 Å². The number of benzene rings is 2. The minimum absolute atomic E-state index is 0.00829. The highest BCUT2D eigenvalue weighted by molar-refractivity contribution is 5.91. The highest BCUT2D eigenvalue weighted by Crippen LogP contribution is 2.11. The molecule has 8 heteroatoms. The molecule has 0 aromatic heterocycles. The summed E-state index contributed by atoms with van der Waals surface area (Å²) in [5, 5.41) is 4.91. The average Bonchev–Trinajstić information content (AvgIpc) is 2.61. The Morgan fingerprint density at radius 1 is 0.964 bits per heavy atom. The number of rotatable bonds is 8. The second-order valence-corrected chi connectivity index (χ2v) is 6.35. The van der Waals surface area contributed by atoms with Crippen LogP contribution < -0.4 is 16.4 Å². The van der Waals surface area contributed by atoms with E-state index in [0.717, 1.165) is 0 Å². The Morgan fingerprint density at radius 3 is 2.29 bits per heavy atom. The maximum absolute atomic E-state index is 13.8. The Morgan fingerprint density at radius 2 is 1.68 bits per heavy atom. The molecule has 3 amide bonds. The number of carbonyl (C=O) groups excluding carboxylic acids is 3. The van der Waals surface area contributed by atoms with Gasteiger partial charge in [0.1, 0.15) is 23.7 Å². The Balaban J connectivity index is 2.15. The summed E-state index contributed by atoms with van der Waals surface area (Å²) in [6, 6.07) is 9.18. The number of nitrogens with two attached hydrogens (primary N) is 1. The summed E-state index contributed by atoms with van der Waals surface area (Å²) >= 11 is 0. The van der Waals surface area contributed by atoms with Crippen LogP contribution in [0.25, 0.3) is 0 Å². The van der Waals surface area contributed by atoms with Crippen LogP contribution in [0.1, 0.15) is 18.1 Å². The lowest BCUT2D eigenvalue weighted by Gasteiger charge is -2.22. The normalized spacial score (nSPS) is 12.7. The van der Waals surface area contributed by atoms with E-state index in [2.05, 4.69) is 10.6 Å². The summed E-state index contributed by atoms with van der Waals surface area (Å²) in [5.74, 6) is -3.00. The maximum Gasteiger partial charge on any atom is 0.243 e. The smallest absolute Gasteiger partial charge is 0.243 e. The lowest BCUT2D eigenvalue weighted by atomic mass is 10.0. The zero-order valence-electron chi connectivity index (χ0n) is 15.2. The standard InChI is InChI=1S/C20H21F2N3O3/c1-12(26)24-18(10-13-5-4-7-15(21)9-13)20(28)25-17(19(23)27)11-14-6-2-3-8-16(14)22/h2-9,17-18H,10-11H2,1H3,(H2,23,27)(H,24,26)(H,25,28)/t17-,18-/m0/s1. The molecule has 0 aliphatic rings. The SMILES string of the molecule is CC(=O)N[C@@H](Cc1cccc(F)c1)C(=O)N[C@@H](Cc1ccccc1F)C(N)=O. The van der Waals surface area contributed by atoms with Crippen molar-refractivity contribution in [3.8, 4) is 0 Å². The lowest BCUT2D eigenvalue weighted by Crippen LogP contribution is -2.54. The molecule has 2 aromatic rings. The molecule has 0 aliphatic carbocycles. The van der Waals surface area contributed by atoms with Crippen molar-refractivity contribution in [3.63, 3.8) is 0 Å². The van der Waals surface area contributed by atoms with Crippen molar-refractivity contribution in [2.75, 3.05) is 0 Å². The molecule has 0 unspecified atom stereocenters. The molecule has 2 rings (SSSR count). The van der Waals surface area contributed by atoms with Crippen molar-refractivity contribution in [1.29, 1.82) is 0 Å². The molecular weight excluding hydrogens is 368 g/mol. The largest absolute Gasteiger partial charge is 0.368 e. The monoisotopic (exact) mass is 389 g/mol. The molecule has 2 aromatic carbocycles. The van der Waals surface area contributed by atoms with Crippen LogP contribution in [0.4, 0.5) is 8.78 Å². The Labute approximate surface area is 161 Å². The fourth-order valence-corrected chi connectivity index (χ4v) is 2.73. The highest BCUT2D eigenvalue weighted by Gasteiger charge is 2.26. The first-order chi connectivity index (χ1) is 13.3. The molecule has 0 aliphatic heterocycles. The van der Waals surface area contributed by atoms with E-state index in [0.29, 0.717) is 5.56 Å². The van der Waals surface area contributed by atoms with Crippen LogP contribution in [0.5, 0.6) is 0 Å². The molecular formula is C20H21F2N3O3. The Hall–Kier alpha value is -3.29. The number of hydrogen-bond acceptors (Lipinski definition) is 3. The van der Waals surface area contributed by atoms with Crippen molar-refractivity contribution >= 4 is 17.7 Å². The van der Waals surface area contributed by atoms with E-state index in [1.165, 1.54) is 43.3 Å². The van der Waals surface area contributed by atoms with E-state index in [1.54, 1.807) is 12.1 Å². The number of nitrogens with one attached hydrogen (secondary N) is 2. The molecule has 0 fully saturated rings. The molecule has 6 nitrogen and oxygen atoms in total. The van der Waals surface area contributed by atoms with Gasteiger partial charge in [-0.3, -0.25) is 14.4 Å². The van der Waals surface area contributed by atoms with E-state index < -0.39 is 41.4 Å². The van der Waals surface area contributed by atoms with Gasteiger partial charge in [-0.25, -0.2) is 8.78 Å². The number of halogens is 2. The van der Waals surface area contributed by atoms with Crippen LogP contribution >= 0.6 is 0 Å². The molecule has 148 valence electrons. The van der Waals surface area contributed by atoms with Gasteiger partial charge in [0.25, 0.3) is 0 Å². The van der Waals surface area contributed by atoms with Gasteiger partial charge >= 0.3 is 0 Å². The minimum Gasteiger partial charge on any atom is -0.368 e. The molecule has 0 bridgehead atoms. The van der Waals surface area contributed by atoms with E-state index in [4.69, 9.17) is 5.73 Å². The molecule has 0 radical (unpaired) electrons. The predicted molar refractivity (Wildman–Crippen MR) is 98.9 cm³/mol. The van der Waals surface area contributed by atoms with Crippen molar-refractivity contribution < 1.29 is 23.2 Å². The van der Waals surface area contributed by atoms with Gasteiger partial charge in [-0.1, -0.05) is 30.3 Å². The first-order valence-corrected chi connectivity index (χ1v) is 8.61. The minimum atomic E-state index is -1.17. The molecule has 0 saturated heterocycles. The fraction of sp³-hybridized carbons (Fsp3) is 0.250. The number of amides is 3. The van der Waals surface area contributed by atoms with Gasteiger partial charge < -0.3 is 16.4 Å². The van der Waals surface area contributed by atoms with Crippen LogP contribution in [0.3, 0.4) is 0 Å². The quantitative estimate of drug-likeness (QED) is 0.633. The lowest BCUT2D eigenvalue weighted by molar-refractivity contribution is -0.130. The van der Waals surface area contributed by atoms with Gasteiger partial charge in [0.05, 0.1) is 0 Å². The van der Waals surface area contributed by atoms with Gasteiger partial charge in [0, 0.05) is 19.8 Å². The van der Waals surface area contributed by atoms with Crippen LogP contribution in [-0.2, 0) is 27.2 Å². The average molecular weight is 389 g/mol. The molecule has 28 heavy (non-hydrogen) atoms. The van der Waals surface area contributed by atoms with Crippen molar-refractivity contribution in [1.82, 2.24) is 10.6 Å². The predicted octanol–water partition coefficient (Wildman–Crippen LogP) is 1.22. The third-order valence-corrected chi connectivity index (χ3v) is 4.06. The maximum atomic E-state index is 13.8. The van der Waals surface area contributed by atoms with Crippen LogP contribution in [-0.4, -0.2) is 29.8 Å². The van der Waals surface area contributed by atoms with E-state index >= 15 is 0 Å². The summed E-state index contributed by atoms with van der Waals surface area (Å²) < 4.78 is 27.2. The molecule has 0 saturated carbocycles. The molecule has 2 atom stereocenters. The van der Waals surface area contributed by atoms with Crippen LogP contribution in [0, 0.1) is 11.6 Å². The fourth-order valence-electron chi connectivity index (χ4n) is 2.73. The molecule has 4 N–H and O–H groups in total. The number of carbonyl (C=O) groups is 3. The van der Waals surface area contributed by atoms with Crippen molar-refractivity contribution in [2.45, 2.75) is 31.8 Å². The first-order valence-electron chi connectivity index (χ1n) is 8.61. The number of hydrogen-bond donors (Lipinski definition) is 3. The summed E-state index contributed by atoms with van der Waals surface area (Å²) in [4.78, 5) is 35.8. The summed E-state index contributed by atoms with van der Waals surface area (Å²) in [6.07, 6.45) is -0.130. The zero-order chi connectivity index (χ0) is 20.7. The zero-order valence-corrected chi connectivity index (χ0v) is 15.2. The Kier molecular flexibility index (Phi) is 7.20. The topological polar surface area (TPSA) is 101 Å². The van der Waals surface area contributed by atoms with Gasteiger partial charge in [-0.05, 0) is 29.3 Å². The first kappa shape index (κ1) is 21.0.